The lowest BCUT2D eigenvalue weighted by atomic mass is 10.0. The van der Waals surface area contributed by atoms with Crippen molar-refractivity contribution in [2.75, 3.05) is 5.73 Å². The minimum absolute atomic E-state index is 0.514. The predicted molar refractivity (Wildman–Crippen MR) is 69.2 cm³/mol. The van der Waals surface area contributed by atoms with Gasteiger partial charge in [-0.3, -0.25) is 0 Å². The van der Waals surface area contributed by atoms with Gasteiger partial charge in [-0.2, -0.15) is 0 Å². The molecule has 0 saturated carbocycles. The average Bonchev–Trinajstić information content (AvgIpc) is 2.70. The van der Waals surface area contributed by atoms with E-state index in [0.29, 0.717) is 11.7 Å². The molecule has 1 aromatic heterocycles. The number of anilines is 1. The van der Waals surface area contributed by atoms with Crippen LogP contribution < -0.4 is 5.73 Å². The van der Waals surface area contributed by atoms with Crippen molar-refractivity contribution in [2.24, 2.45) is 0 Å². The van der Waals surface area contributed by atoms with Gasteiger partial charge in [0.1, 0.15) is 0 Å². The van der Waals surface area contributed by atoms with Crippen LogP contribution in [0.15, 0.2) is 24.3 Å². The second kappa shape index (κ2) is 4.57. The van der Waals surface area contributed by atoms with E-state index in [4.69, 9.17) is 5.73 Å². The zero-order chi connectivity index (χ0) is 12.4. The summed E-state index contributed by atoms with van der Waals surface area (Å²) in [6, 6.07) is 8.36. The Bertz CT molecular complexity index is 497. The first-order valence-electron chi connectivity index (χ1n) is 5.93. The molecule has 0 saturated heterocycles. The van der Waals surface area contributed by atoms with E-state index in [2.05, 4.69) is 48.4 Å². The van der Waals surface area contributed by atoms with Gasteiger partial charge in [0.25, 0.3) is 0 Å². The summed E-state index contributed by atoms with van der Waals surface area (Å²) >= 11 is 0. The third kappa shape index (κ3) is 2.16. The molecular formula is C13H18N4. The van der Waals surface area contributed by atoms with Gasteiger partial charge in [-0.05, 0) is 30.0 Å². The Hall–Kier alpha value is -1.84. The molecule has 2 aromatic rings. The lowest BCUT2D eigenvalue weighted by Gasteiger charge is -2.08. The summed E-state index contributed by atoms with van der Waals surface area (Å²) in [4.78, 5) is 0. The van der Waals surface area contributed by atoms with Crippen molar-refractivity contribution >= 4 is 5.82 Å². The molecule has 0 amide bonds. The maximum Gasteiger partial charge on any atom is 0.169 e. The Morgan fingerprint density at radius 1 is 1.24 bits per heavy atom. The molecule has 0 radical (unpaired) electrons. The van der Waals surface area contributed by atoms with Gasteiger partial charge < -0.3 is 5.73 Å². The first-order chi connectivity index (χ1) is 8.13. The minimum atomic E-state index is 0.514. The van der Waals surface area contributed by atoms with E-state index in [-0.39, 0.29) is 0 Å². The molecule has 0 spiro atoms. The van der Waals surface area contributed by atoms with Crippen LogP contribution in [0.25, 0.3) is 5.69 Å². The Kier molecular flexibility index (Phi) is 3.13. The van der Waals surface area contributed by atoms with Crippen LogP contribution in [0.5, 0.6) is 0 Å². The molecule has 0 fully saturated rings. The van der Waals surface area contributed by atoms with E-state index in [0.717, 1.165) is 17.8 Å². The summed E-state index contributed by atoms with van der Waals surface area (Å²) < 4.78 is 1.80. The highest BCUT2D eigenvalue weighted by atomic mass is 15.4. The van der Waals surface area contributed by atoms with Crippen LogP contribution in [-0.2, 0) is 6.42 Å². The fraction of sp³-hybridized carbons (Fsp3) is 0.385. The Balaban J connectivity index is 2.39. The highest BCUT2D eigenvalue weighted by Crippen LogP contribution is 2.19. The van der Waals surface area contributed by atoms with Gasteiger partial charge in [-0.1, -0.05) is 38.1 Å². The van der Waals surface area contributed by atoms with Crippen molar-refractivity contribution in [1.29, 1.82) is 0 Å². The number of rotatable bonds is 3. The number of nitrogens with zero attached hydrogens (tertiary/aromatic N) is 3. The average molecular weight is 230 g/mol. The highest BCUT2D eigenvalue weighted by molar-refractivity contribution is 5.42. The van der Waals surface area contributed by atoms with Crippen molar-refractivity contribution in [1.82, 2.24) is 15.0 Å². The highest BCUT2D eigenvalue weighted by Gasteiger charge is 2.09. The third-order valence-corrected chi connectivity index (χ3v) is 2.93. The molecule has 0 unspecified atom stereocenters. The van der Waals surface area contributed by atoms with E-state index in [1.807, 2.05) is 6.92 Å². The molecule has 0 aliphatic carbocycles. The molecule has 1 aromatic carbocycles. The van der Waals surface area contributed by atoms with Crippen LogP contribution in [0.2, 0.25) is 0 Å². The fourth-order valence-corrected chi connectivity index (χ4v) is 1.85. The monoisotopic (exact) mass is 230 g/mol. The number of hydrogen-bond donors (Lipinski definition) is 1. The second-order valence-electron chi connectivity index (χ2n) is 4.43. The smallest absolute Gasteiger partial charge is 0.169 e. The molecule has 0 bridgehead atoms. The maximum atomic E-state index is 5.77. The van der Waals surface area contributed by atoms with Gasteiger partial charge in [-0.15, -0.1) is 5.10 Å². The molecule has 90 valence electrons. The minimum Gasteiger partial charge on any atom is -0.381 e. The normalized spacial score (nSPS) is 11.1. The fourth-order valence-electron chi connectivity index (χ4n) is 1.85. The number of nitrogen functional groups attached to an aromatic ring is 1. The summed E-state index contributed by atoms with van der Waals surface area (Å²) in [7, 11) is 0. The SMILES string of the molecule is CCc1c(N)nnn1-c1ccc(C(C)C)cc1. The van der Waals surface area contributed by atoms with E-state index in [9.17, 15) is 0 Å². The van der Waals surface area contributed by atoms with Crippen LogP contribution in [0.3, 0.4) is 0 Å². The van der Waals surface area contributed by atoms with Crippen molar-refractivity contribution in [2.45, 2.75) is 33.1 Å². The quantitative estimate of drug-likeness (QED) is 0.881. The van der Waals surface area contributed by atoms with Crippen LogP contribution in [0, 0.1) is 0 Å². The van der Waals surface area contributed by atoms with Crippen molar-refractivity contribution < 1.29 is 0 Å². The largest absolute Gasteiger partial charge is 0.381 e. The lowest BCUT2D eigenvalue weighted by molar-refractivity contribution is 0.765. The number of aromatic nitrogens is 3. The predicted octanol–water partition coefficient (Wildman–Crippen LogP) is 2.54. The number of hydrogen-bond acceptors (Lipinski definition) is 3. The summed E-state index contributed by atoms with van der Waals surface area (Å²) in [5.41, 5.74) is 9.06. The standard InChI is InChI=1S/C13H18N4/c1-4-12-13(14)15-16-17(12)11-7-5-10(6-8-11)9(2)3/h5-9H,4,14H2,1-3H3. The molecule has 0 atom stereocenters. The van der Waals surface area contributed by atoms with E-state index in [1.54, 1.807) is 4.68 Å². The lowest BCUT2D eigenvalue weighted by Crippen LogP contribution is -2.03. The second-order valence-corrected chi connectivity index (χ2v) is 4.43. The molecule has 17 heavy (non-hydrogen) atoms. The van der Waals surface area contributed by atoms with Crippen LogP contribution in [0.1, 0.15) is 37.9 Å². The molecule has 4 nitrogen and oxygen atoms in total. The zero-order valence-corrected chi connectivity index (χ0v) is 10.5. The summed E-state index contributed by atoms with van der Waals surface area (Å²) in [6.45, 7) is 6.41. The molecule has 4 heteroatoms. The maximum absolute atomic E-state index is 5.77. The summed E-state index contributed by atoms with van der Waals surface area (Å²) in [5.74, 6) is 1.05. The Morgan fingerprint density at radius 3 is 2.41 bits per heavy atom. The first-order valence-corrected chi connectivity index (χ1v) is 5.93. The molecule has 2 N–H and O–H groups in total. The van der Waals surface area contributed by atoms with Gasteiger partial charge in [0.2, 0.25) is 0 Å². The Morgan fingerprint density at radius 2 is 1.88 bits per heavy atom. The third-order valence-electron chi connectivity index (χ3n) is 2.93. The summed E-state index contributed by atoms with van der Waals surface area (Å²) in [5, 5.41) is 7.99. The topological polar surface area (TPSA) is 56.7 Å². The molecule has 0 aliphatic heterocycles. The summed E-state index contributed by atoms with van der Waals surface area (Å²) in [6.07, 6.45) is 0.824. The van der Waals surface area contributed by atoms with Crippen LogP contribution in [-0.4, -0.2) is 15.0 Å². The molecular weight excluding hydrogens is 212 g/mol. The molecule has 2 rings (SSSR count). The van der Waals surface area contributed by atoms with Crippen LogP contribution >= 0.6 is 0 Å². The zero-order valence-electron chi connectivity index (χ0n) is 10.5. The van der Waals surface area contributed by atoms with Crippen molar-refractivity contribution in [3.63, 3.8) is 0 Å². The molecule has 0 aliphatic rings. The number of nitrogens with two attached hydrogens (primary N) is 1. The first kappa shape index (κ1) is 11.6. The number of benzene rings is 1. The van der Waals surface area contributed by atoms with E-state index >= 15 is 0 Å². The van der Waals surface area contributed by atoms with Gasteiger partial charge >= 0.3 is 0 Å². The van der Waals surface area contributed by atoms with E-state index < -0.39 is 0 Å². The van der Waals surface area contributed by atoms with Crippen molar-refractivity contribution in [3.8, 4) is 5.69 Å². The van der Waals surface area contributed by atoms with Crippen LogP contribution in [0.4, 0.5) is 5.82 Å². The van der Waals surface area contributed by atoms with Gasteiger partial charge in [0, 0.05) is 0 Å². The van der Waals surface area contributed by atoms with E-state index in [1.165, 1.54) is 5.56 Å². The Labute approximate surface area is 101 Å². The van der Waals surface area contributed by atoms with Gasteiger partial charge in [0.05, 0.1) is 11.4 Å². The van der Waals surface area contributed by atoms with Gasteiger partial charge in [0.15, 0.2) is 5.82 Å². The van der Waals surface area contributed by atoms with Crippen molar-refractivity contribution in [3.05, 3.63) is 35.5 Å². The molecule has 1 heterocycles. The van der Waals surface area contributed by atoms with Gasteiger partial charge in [-0.25, -0.2) is 4.68 Å².